The van der Waals surface area contributed by atoms with E-state index in [2.05, 4.69) is 15.4 Å². The summed E-state index contributed by atoms with van der Waals surface area (Å²) < 4.78 is 29.6. The number of likely N-dealkylation sites (tertiary alicyclic amines) is 1. The van der Waals surface area contributed by atoms with Crippen molar-refractivity contribution in [2.45, 2.75) is 31.6 Å². The van der Waals surface area contributed by atoms with Crippen molar-refractivity contribution in [1.29, 1.82) is 0 Å². The number of carbonyl (C=O) groups is 1. The fourth-order valence-corrected chi connectivity index (χ4v) is 5.54. The molecule has 0 saturated carbocycles. The van der Waals surface area contributed by atoms with Gasteiger partial charge in [0.15, 0.2) is 0 Å². The highest BCUT2D eigenvalue weighted by molar-refractivity contribution is 6.34. The maximum absolute atomic E-state index is 14.4. The lowest BCUT2D eigenvalue weighted by molar-refractivity contribution is -0.136. The average molecular weight is 520 g/mol. The summed E-state index contributed by atoms with van der Waals surface area (Å²) in [7, 11) is 0. The minimum Gasteiger partial charge on any atom is -0.342 e. The molecule has 0 aliphatic carbocycles. The highest BCUT2D eigenvalue weighted by Gasteiger charge is 2.39. The first kappa shape index (κ1) is 24.2. The molecule has 1 amide bonds. The lowest BCUT2D eigenvalue weighted by Crippen LogP contribution is -2.43. The number of amides is 1. The monoisotopic (exact) mass is 519 g/mol. The molecule has 2 aromatic carbocycles. The quantitative estimate of drug-likeness (QED) is 0.534. The van der Waals surface area contributed by atoms with Crippen LogP contribution in [-0.2, 0) is 4.79 Å². The molecule has 0 radical (unpaired) electrons. The number of nitrogens with one attached hydrogen (secondary N) is 1. The minimum atomic E-state index is -0.621. The third-order valence-corrected chi connectivity index (χ3v) is 7.49. The van der Waals surface area contributed by atoms with Crippen molar-refractivity contribution in [3.05, 3.63) is 75.3 Å². The molecule has 0 unspecified atom stereocenters. The van der Waals surface area contributed by atoms with Crippen LogP contribution in [0.1, 0.15) is 41.9 Å². The Morgan fingerprint density at radius 1 is 1.09 bits per heavy atom. The number of aryl methyl sites for hydroxylation is 1. The van der Waals surface area contributed by atoms with Crippen molar-refractivity contribution in [2.24, 2.45) is 5.92 Å². The maximum atomic E-state index is 14.4. The number of piperidine rings is 1. The van der Waals surface area contributed by atoms with Gasteiger partial charge in [0.1, 0.15) is 23.3 Å². The van der Waals surface area contributed by atoms with Gasteiger partial charge in [0.2, 0.25) is 5.91 Å². The number of hydrogen-bond acceptors (Lipinski definition) is 4. The van der Waals surface area contributed by atoms with E-state index in [-0.39, 0.29) is 23.7 Å². The van der Waals surface area contributed by atoms with Crippen molar-refractivity contribution in [1.82, 2.24) is 25.0 Å². The van der Waals surface area contributed by atoms with E-state index in [1.807, 2.05) is 11.8 Å². The predicted molar refractivity (Wildman–Crippen MR) is 130 cm³/mol. The summed E-state index contributed by atoms with van der Waals surface area (Å²) in [5.41, 5.74) is 1.06. The second kappa shape index (κ2) is 9.84. The molecule has 0 bridgehead atoms. The summed E-state index contributed by atoms with van der Waals surface area (Å²) in [6.07, 6.45) is 1.44. The molecule has 6 nitrogen and oxygen atoms in total. The Morgan fingerprint density at radius 2 is 1.86 bits per heavy atom. The lowest BCUT2D eigenvalue weighted by atomic mass is 9.86. The Morgan fingerprint density at radius 3 is 2.60 bits per heavy atom. The van der Waals surface area contributed by atoms with Gasteiger partial charge in [-0.3, -0.25) is 4.79 Å². The van der Waals surface area contributed by atoms with E-state index >= 15 is 0 Å². The molecule has 2 aliphatic rings. The van der Waals surface area contributed by atoms with Gasteiger partial charge in [0.05, 0.1) is 16.6 Å². The molecule has 0 spiro atoms. The van der Waals surface area contributed by atoms with E-state index in [9.17, 15) is 13.6 Å². The molecule has 184 valence electrons. The highest BCUT2D eigenvalue weighted by Crippen LogP contribution is 2.35. The topological polar surface area (TPSA) is 63.1 Å². The number of rotatable bonds is 4. The second-order valence-corrected chi connectivity index (χ2v) is 10.0. The number of benzene rings is 2. The van der Waals surface area contributed by atoms with Crippen LogP contribution in [0.4, 0.5) is 8.78 Å². The van der Waals surface area contributed by atoms with E-state index in [1.165, 1.54) is 12.1 Å². The van der Waals surface area contributed by atoms with Gasteiger partial charge in [-0.2, -0.15) is 5.10 Å². The normalized spacial score (nSPS) is 21.0. The summed E-state index contributed by atoms with van der Waals surface area (Å²) in [6.45, 7) is 3.92. The Labute approximate surface area is 212 Å². The number of nitrogens with zero attached hydrogens (tertiary/aromatic N) is 4. The minimum absolute atomic E-state index is 0.00212. The van der Waals surface area contributed by atoms with Crippen LogP contribution in [0, 0.1) is 24.5 Å². The first-order valence-corrected chi connectivity index (χ1v) is 12.4. The molecule has 2 fully saturated rings. The van der Waals surface area contributed by atoms with Gasteiger partial charge in [-0.25, -0.2) is 18.4 Å². The predicted octanol–water partition coefficient (Wildman–Crippen LogP) is 4.87. The standard InChI is InChI=1S/C25H25Cl2F2N5O/c1-14-31-24(34(32-14)23-10-16(26)2-5-21(23)27)15-6-8-33(9-7-15)25(35)20-13-30-12-19(20)18-4-3-17(28)11-22(18)29/h2-5,10-11,15,19-20,30H,6-9,12-13H2,1H3/t19-,20+/m0/s1. The smallest absolute Gasteiger partial charge is 0.227 e. The molecule has 5 rings (SSSR count). The van der Waals surface area contributed by atoms with Crippen LogP contribution in [0.15, 0.2) is 36.4 Å². The zero-order chi connectivity index (χ0) is 24.7. The number of hydrogen-bond donors (Lipinski definition) is 1. The molecule has 2 saturated heterocycles. The van der Waals surface area contributed by atoms with Gasteiger partial charge in [-0.1, -0.05) is 29.3 Å². The van der Waals surface area contributed by atoms with Gasteiger partial charge >= 0.3 is 0 Å². The molecule has 10 heteroatoms. The summed E-state index contributed by atoms with van der Waals surface area (Å²) in [4.78, 5) is 19.9. The second-order valence-electron chi connectivity index (χ2n) is 9.16. The van der Waals surface area contributed by atoms with Crippen molar-refractivity contribution in [3.63, 3.8) is 0 Å². The molecule has 1 N–H and O–H groups in total. The van der Waals surface area contributed by atoms with Crippen molar-refractivity contribution < 1.29 is 13.6 Å². The zero-order valence-corrected chi connectivity index (χ0v) is 20.7. The average Bonchev–Trinajstić information content (AvgIpc) is 3.47. The van der Waals surface area contributed by atoms with Crippen molar-refractivity contribution >= 4 is 29.1 Å². The summed E-state index contributed by atoms with van der Waals surface area (Å²) in [5.74, 6) is -0.406. The van der Waals surface area contributed by atoms with E-state index in [0.717, 1.165) is 24.7 Å². The molecule has 3 aromatic rings. The third kappa shape index (κ3) is 4.79. The first-order valence-electron chi connectivity index (χ1n) is 11.6. The molecular weight excluding hydrogens is 495 g/mol. The van der Waals surface area contributed by atoms with Gasteiger partial charge in [-0.15, -0.1) is 0 Å². The fourth-order valence-electron chi connectivity index (χ4n) is 5.18. The SMILES string of the molecule is Cc1nc(C2CCN(C(=O)[C@@H]3CNC[C@H]3c3ccc(F)cc3F)CC2)n(-c2cc(Cl)ccc2Cl)n1. The Hall–Kier alpha value is -2.55. The summed E-state index contributed by atoms with van der Waals surface area (Å²) >= 11 is 12.6. The number of carbonyl (C=O) groups excluding carboxylic acids is 1. The number of halogens is 4. The van der Waals surface area contributed by atoms with Gasteiger partial charge < -0.3 is 10.2 Å². The molecule has 2 atom stereocenters. The van der Waals surface area contributed by atoms with E-state index in [1.54, 1.807) is 22.9 Å². The maximum Gasteiger partial charge on any atom is 0.227 e. The van der Waals surface area contributed by atoms with E-state index in [4.69, 9.17) is 23.2 Å². The van der Waals surface area contributed by atoms with Gasteiger partial charge in [-0.05, 0) is 49.6 Å². The number of aromatic nitrogens is 3. The highest BCUT2D eigenvalue weighted by atomic mass is 35.5. The summed E-state index contributed by atoms with van der Waals surface area (Å²) in [5, 5.41) is 8.83. The van der Waals surface area contributed by atoms with Crippen LogP contribution in [0.25, 0.3) is 5.69 Å². The van der Waals surface area contributed by atoms with E-state index in [0.29, 0.717) is 53.3 Å². The van der Waals surface area contributed by atoms with Crippen molar-refractivity contribution in [2.75, 3.05) is 26.2 Å². The molecule has 2 aliphatic heterocycles. The van der Waals surface area contributed by atoms with Crippen LogP contribution >= 0.6 is 23.2 Å². The van der Waals surface area contributed by atoms with Crippen molar-refractivity contribution in [3.8, 4) is 5.69 Å². The van der Waals surface area contributed by atoms with Crippen LogP contribution < -0.4 is 5.32 Å². The zero-order valence-electron chi connectivity index (χ0n) is 19.1. The first-order chi connectivity index (χ1) is 16.8. The van der Waals surface area contributed by atoms with Gasteiger partial charge in [0.25, 0.3) is 0 Å². The molecule has 35 heavy (non-hydrogen) atoms. The van der Waals surface area contributed by atoms with Crippen LogP contribution in [0.5, 0.6) is 0 Å². The van der Waals surface area contributed by atoms with Crippen LogP contribution in [-0.4, -0.2) is 51.8 Å². The van der Waals surface area contributed by atoms with E-state index < -0.39 is 11.6 Å². The lowest BCUT2D eigenvalue weighted by Gasteiger charge is -2.34. The molecule has 3 heterocycles. The Bertz CT molecular complexity index is 1260. The third-order valence-electron chi connectivity index (χ3n) is 6.94. The molecule has 1 aromatic heterocycles. The van der Waals surface area contributed by atoms with Gasteiger partial charge in [0, 0.05) is 49.1 Å². The van der Waals surface area contributed by atoms with Crippen LogP contribution in [0.2, 0.25) is 10.0 Å². The Balaban J connectivity index is 1.31. The van der Waals surface area contributed by atoms with Crippen LogP contribution in [0.3, 0.4) is 0 Å². The summed E-state index contributed by atoms with van der Waals surface area (Å²) in [6, 6.07) is 8.80. The molecular formula is C25H25Cl2F2N5O. The Kier molecular flexibility index (Phi) is 6.79. The largest absolute Gasteiger partial charge is 0.342 e. The fraction of sp³-hybridized carbons (Fsp3) is 0.400.